The zero-order valence-electron chi connectivity index (χ0n) is 10.8. The molecule has 2 rings (SSSR count). The predicted molar refractivity (Wildman–Crippen MR) is 80.5 cm³/mol. The zero-order chi connectivity index (χ0) is 13.1. The number of Topliss-reactive ketones (excluding diaryl/α,β-unsaturated/α-hetero) is 1. The third-order valence-electron chi connectivity index (χ3n) is 3.14. The summed E-state index contributed by atoms with van der Waals surface area (Å²) in [6.07, 6.45) is 2.43. The highest BCUT2D eigenvalue weighted by Crippen LogP contribution is 2.18. The number of hydrogen-bond donors (Lipinski definition) is 1. The second kappa shape index (κ2) is 5.89. The van der Waals surface area contributed by atoms with Gasteiger partial charge in [-0.3, -0.25) is 4.79 Å². The lowest BCUT2D eigenvalue weighted by Gasteiger charge is -2.17. The minimum Gasteiger partial charge on any atom is -0.362 e. The Bertz CT molecular complexity index is 462. The van der Waals surface area contributed by atoms with E-state index >= 15 is 0 Å². The molecule has 2 heterocycles. The molecule has 0 aromatic carbocycles. The predicted octanol–water partition coefficient (Wildman–Crippen LogP) is 2.93. The summed E-state index contributed by atoms with van der Waals surface area (Å²) >= 11 is 6.84. The standard InChI is InChI=1S/C13H18N2OS2/c1-9-7-11(10(2)14-9)12(16)8-18-13(17)15-5-3-4-6-15/h7,14H,3-6,8H2,1-2H3. The highest BCUT2D eigenvalue weighted by atomic mass is 32.2. The summed E-state index contributed by atoms with van der Waals surface area (Å²) in [6.45, 7) is 5.99. The van der Waals surface area contributed by atoms with Crippen LogP contribution in [-0.2, 0) is 0 Å². The molecule has 1 N–H and O–H groups in total. The van der Waals surface area contributed by atoms with Crippen LogP contribution in [0.4, 0.5) is 0 Å². The summed E-state index contributed by atoms with van der Waals surface area (Å²) in [4.78, 5) is 17.4. The molecule has 0 radical (unpaired) electrons. The molecule has 1 aromatic rings. The van der Waals surface area contributed by atoms with E-state index in [0.29, 0.717) is 5.75 Å². The van der Waals surface area contributed by atoms with Gasteiger partial charge >= 0.3 is 0 Å². The van der Waals surface area contributed by atoms with Crippen LogP contribution in [-0.4, -0.2) is 38.8 Å². The fourth-order valence-electron chi connectivity index (χ4n) is 2.21. The molecule has 1 fully saturated rings. The van der Waals surface area contributed by atoms with Crippen LogP contribution in [0.15, 0.2) is 6.07 Å². The first-order valence-electron chi connectivity index (χ1n) is 6.19. The van der Waals surface area contributed by atoms with Crippen molar-refractivity contribution >= 4 is 34.1 Å². The minimum atomic E-state index is 0.156. The number of carbonyl (C=O) groups is 1. The normalized spacial score (nSPS) is 15.1. The number of likely N-dealkylation sites (tertiary alicyclic amines) is 1. The lowest BCUT2D eigenvalue weighted by molar-refractivity contribution is 0.102. The molecular formula is C13H18N2OS2. The average molecular weight is 282 g/mol. The van der Waals surface area contributed by atoms with Gasteiger partial charge in [-0.15, -0.1) is 0 Å². The average Bonchev–Trinajstić information content (AvgIpc) is 2.95. The van der Waals surface area contributed by atoms with E-state index in [9.17, 15) is 4.79 Å². The van der Waals surface area contributed by atoms with Gasteiger partial charge in [0, 0.05) is 30.0 Å². The summed E-state index contributed by atoms with van der Waals surface area (Å²) in [5, 5.41) is 0. The Morgan fingerprint density at radius 3 is 2.67 bits per heavy atom. The number of nitrogens with zero attached hydrogens (tertiary/aromatic N) is 1. The van der Waals surface area contributed by atoms with E-state index in [0.717, 1.165) is 34.4 Å². The maximum atomic E-state index is 12.1. The molecule has 18 heavy (non-hydrogen) atoms. The molecule has 0 amide bonds. The highest BCUT2D eigenvalue weighted by molar-refractivity contribution is 8.23. The van der Waals surface area contributed by atoms with Crippen molar-refractivity contribution < 1.29 is 4.79 Å². The van der Waals surface area contributed by atoms with Crippen LogP contribution >= 0.6 is 24.0 Å². The van der Waals surface area contributed by atoms with Crippen LogP contribution < -0.4 is 0 Å². The number of rotatable bonds is 3. The van der Waals surface area contributed by atoms with Gasteiger partial charge in [0.1, 0.15) is 4.32 Å². The van der Waals surface area contributed by atoms with Gasteiger partial charge in [-0.1, -0.05) is 24.0 Å². The number of H-pyrrole nitrogens is 1. The van der Waals surface area contributed by atoms with E-state index in [1.807, 2.05) is 19.9 Å². The second-order valence-electron chi connectivity index (χ2n) is 4.66. The number of aromatic amines is 1. The molecule has 98 valence electrons. The lowest BCUT2D eigenvalue weighted by atomic mass is 10.2. The van der Waals surface area contributed by atoms with Gasteiger partial charge in [0.25, 0.3) is 0 Å². The maximum absolute atomic E-state index is 12.1. The number of nitrogens with one attached hydrogen (secondary N) is 1. The second-order valence-corrected chi connectivity index (χ2v) is 6.27. The number of aryl methyl sites for hydroxylation is 2. The summed E-state index contributed by atoms with van der Waals surface area (Å²) in [6, 6.07) is 1.91. The van der Waals surface area contributed by atoms with E-state index in [4.69, 9.17) is 12.2 Å². The lowest BCUT2D eigenvalue weighted by Crippen LogP contribution is -2.24. The van der Waals surface area contributed by atoms with Crippen LogP contribution in [0.25, 0.3) is 0 Å². The van der Waals surface area contributed by atoms with E-state index < -0.39 is 0 Å². The summed E-state index contributed by atoms with van der Waals surface area (Å²) in [7, 11) is 0. The van der Waals surface area contributed by atoms with Crippen LogP contribution in [0, 0.1) is 13.8 Å². The van der Waals surface area contributed by atoms with Crippen molar-refractivity contribution in [2.24, 2.45) is 0 Å². The number of aromatic nitrogens is 1. The Morgan fingerprint density at radius 2 is 2.11 bits per heavy atom. The van der Waals surface area contributed by atoms with Gasteiger partial charge in [-0.25, -0.2) is 0 Å². The molecule has 1 aromatic heterocycles. The van der Waals surface area contributed by atoms with Crippen molar-refractivity contribution in [3.05, 3.63) is 23.0 Å². The van der Waals surface area contributed by atoms with Gasteiger partial charge in [-0.05, 0) is 32.8 Å². The van der Waals surface area contributed by atoms with Crippen molar-refractivity contribution in [1.82, 2.24) is 9.88 Å². The summed E-state index contributed by atoms with van der Waals surface area (Å²) < 4.78 is 0.866. The smallest absolute Gasteiger partial charge is 0.174 e. The molecular weight excluding hydrogens is 264 g/mol. The Balaban J connectivity index is 1.88. The first-order chi connectivity index (χ1) is 8.58. The SMILES string of the molecule is Cc1cc(C(=O)CSC(=S)N2CCCC2)c(C)[nH]1. The third-order valence-corrected chi connectivity index (χ3v) is 4.66. The van der Waals surface area contributed by atoms with Crippen molar-refractivity contribution in [3.8, 4) is 0 Å². The van der Waals surface area contributed by atoms with Gasteiger partial charge in [-0.2, -0.15) is 0 Å². The van der Waals surface area contributed by atoms with Crippen molar-refractivity contribution in [1.29, 1.82) is 0 Å². The van der Waals surface area contributed by atoms with E-state index in [2.05, 4.69) is 9.88 Å². The molecule has 0 bridgehead atoms. The van der Waals surface area contributed by atoms with Crippen molar-refractivity contribution in [2.75, 3.05) is 18.8 Å². The van der Waals surface area contributed by atoms with Crippen LogP contribution in [0.1, 0.15) is 34.6 Å². The van der Waals surface area contributed by atoms with Gasteiger partial charge in [0.15, 0.2) is 5.78 Å². The number of carbonyl (C=O) groups excluding carboxylic acids is 1. The van der Waals surface area contributed by atoms with Crippen molar-refractivity contribution in [3.63, 3.8) is 0 Å². The highest BCUT2D eigenvalue weighted by Gasteiger charge is 2.17. The summed E-state index contributed by atoms with van der Waals surface area (Å²) in [5.74, 6) is 0.594. The van der Waals surface area contributed by atoms with Crippen LogP contribution in [0.2, 0.25) is 0 Å². The molecule has 0 unspecified atom stereocenters. The number of ketones is 1. The number of hydrogen-bond acceptors (Lipinski definition) is 3. The molecule has 0 saturated carbocycles. The molecule has 0 aliphatic carbocycles. The van der Waals surface area contributed by atoms with Crippen LogP contribution in [0.3, 0.4) is 0 Å². The molecule has 1 saturated heterocycles. The monoisotopic (exact) mass is 282 g/mol. The third kappa shape index (κ3) is 3.14. The first-order valence-corrected chi connectivity index (χ1v) is 7.58. The Hall–Kier alpha value is -0.810. The molecule has 3 nitrogen and oxygen atoms in total. The molecule has 5 heteroatoms. The molecule has 1 aliphatic rings. The number of thioether (sulfide) groups is 1. The Labute approximate surface area is 117 Å². The largest absolute Gasteiger partial charge is 0.362 e. The van der Waals surface area contributed by atoms with Gasteiger partial charge in [0.2, 0.25) is 0 Å². The first kappa shape index (κ1) is 13.6. The Kier molecular flexibility index (Phi) is 4.45. The maximum Gasteiger partial charge on any atom is 0.174 e. The topological polar surface area (TPSA) is 36.1 Å². The van der Waals surface area contributed by atoms with Gasteiger partial charge in [0.05, 0.1) is 5.75 Å². The molecule has 0 spiro atoms. The fraction of sp³-hybridized carbons (Fsp3) is 0.538. The van der Waals surface area contributed by atoms with E-state index in [-0.39, 0.29) is 5.78 Å². The zero-order valence-corrected chi connectivity index (χ0v) is 12.4. The fourth-order valence-corrected chi connectivity index (χ4v) is 3.34. The Morgan fingerprint density at radius 1 is 1.44 bits per heavy atom. The quantitative estimate of drug-likeness (QED) is 0.683. The molecule has 1 aliphatic heterocycles. The number of thiocarbonyl (C=S) groups is 1. The van der Waals surface area contributed by atoms with E-state index in [1.165, 1.54) is 24.6 Å². The van der Waals surface area contributed by atoms with Crippen LogP contribution in [0.5, 0.6) is 0 Å². The minimum absolute atomic E-state index is 0.156. The van der Waals surface area contributed by atoms with E-state index in [1.54, 1.807) is 0 Å². The summed E-state index contributed by atoms with van der Waals surface area (Å²) in [5.41, 5.74) is 2.78. The molecule has 0 atom stereocenters. The van der Waals surface area contributed by atoms with Crippen molar-refractivity contribution in [2.45, 2.75) is 26.7 Å². The van der Waals surface area contributed by atoms with Gasteiger partial charge < -0.3 is 9.88 Å².